The van der Waals surface area contributed by atoms with Gasteiger partial charge in [0, 0.05) is 7.05 Å². The second kappa shape index (κ2) is 3.37. The van der Waals surface area contributed by atoms with Gasteiger partial charge < -0.3 is 4.90 Å². The van der Waals surface area contributed by atoms with Crippen LogP contribution in [0.4, 0.5) is 0 Å². The Hall–Kier alpha value is 0.330. The Kier molecular flexibility index (Phi) is 2.89. The van der Waals surface area contributed by atoms with Crippen molar-refractivity contribution >= 4 is 44.7 Å². The SMILES string of the molecule is CC(C)C1C(=S)SC(=S)N1C. The molecule has 0 N–H and O–H groups in total. The molecule has 11 heavy (non-hydrogen) atoms. The molecule has 0 spiro atoms. The van der Waals surface area contributed by atoms with Crippen molar-refractivity contribution in [3.63, 3.8) is 0 Å². The number of thiocarbonyl (C=S) groups is 2. The van der Waals surface area contributed by atoms with Crippen LogP contribution in [0.15, 0.2) is 0 Å². The molecule has 1 unspecified atom stereocenters. The molecule has 1 saturated heterocycles. The first-order valence-electron chi connectivity index (χ1n) is 3.52. The van der Waals surface area contributed by atoms with Gasteiger partial charge in [-0.3, -0.25) is 0 Å². The molecule has 62 valence electrons. The van der Waals surface area contributed by atoms with E-state index in [2.05, 4.69) is 18.7 Å². The number of thioether (sulfide) groups is 1. The van der Waals surface area contributed by atoms with Crippen LogP contribution < -0.4 is 0 Å². The van der Waals surface area contributed by atoms with Crippen molar-refractivity contribution in [1.82, 2.24) is 4.90 Å². The van der Waals surface area contributed by atoms with Gasteiger partial charge in [0.25, 0.3) is 0 Å². The van der Waals surface area contributed by atoms with E-state index < -0.39 is 0 Å². The maximum Gasteiger partial charge on any atom is 0.142 e. The van der Waals surface area contributed by atoms with Crippen molar-refractivity contribution in [2.75, 3.05) is 7.05 Å². The number of hydrogen-bond donors (Lipinski definition) is 0. The Morgan fingerprint density at radius 2 is 2.00 bits per heavy atom. The highest BCUT2D eigenvalue weighted by atomic mass is 32.2. The molecule has 1 nitrogen and oxygen atoms in total. The van der Waals surface area contributed by atoms with Crippen molar-refractivity contribution in [2.45, 2.75) is 19.9 Å². The lowest BCUT2D eigenvalue weighted by Gasteiger charge is -2.23. The first-order valence-corrected chi connectivity index (χ1v) is 5.16. The maximum absolute atomic E-state index is 5.20. The van der Waals surface area contributed by atoms with Gasteiger partial charge in [0.2, 0.25) is 0 Å². The molecule has 0 aromatic carbocycles. The van der Waals surface area contributed by atoms with Crippen molar-refractivity contribution in [2.24, 2.45) is 5.92 Å². The van der Waals surface area contributed by atoms with Crippen molar-refractivity contribution in [3.05, 3.63) is 0 Å². The topological polar surface area (TPSA) is 3.24 Å². The highest BCUT2D eigenvalue weighted by Gasteiger charge is 2.32. The van der Waals surface area contributed by atoms with Crippen LogP contribution in [0.2, 0.25) is 0 Å². The first-order chi connectivity index (χ1) is 5.04. The van der Waals surface area contributed by atoms with Crippen LogP contribution in [-0.2, 0) is 0 Å². The van der Waals surface area contributed by atoms with Gasteiger partial charge in [-0.1, -0.05) is 50.0 Å². The molecular weight excluding hydrogens is 194 g/mol. The number of nitrogens with zero attached hydrogens (tertiary/aromatic N) is 1. The second-order valence-corrected chi connectivity index (χ2v) is 5.36. The van der Waals surface area contributed by atoms with Gasteiger partial charge in [-0.2, -0.15) is 0 Å². The Morgan fingerprint density at radius 3 is 2.18 bits per heavy atom. The number of hydrogen-bond acceptors (Lipinski definition) is 3. The smallest absolute Gasteiger partial charge is 0.142 e. The van der Waals surface area contributed by atoms with E-state index in [-0.39, 0.29) is 0 Å². The molecule has 0 radical (unpaired) electrons. The van der Waals surface area contributed by atoms with E-state index in [4.69, 9.17) is 24.4 Å². The Morgan fingerprint density at radius 1 is 1.45 bits per heavy atom. The molecule has 0 saturated carbocycles. The molecule has 0 amide bonds. The molecule has 1 rings (SSSR count). The summed E-state index contributed by atoms with van der Waals surface area (Å²) in [5, 5.41) is 0. The van der Waals surface area contributed by atoms with Gasteiger partial charge >= 0.3 is 0 Å². The van der Waals surface area contributed by atoms with E-state index in [1.54, 1.807) is 11.8 Å². The molecule has 4 heteroatoms. The molecule has 1 aliphatic heterocycles. The van der Waals surface area contributed by atoms with Crippen LogP contribution in [0.1, 0.15) is 13.8 Å². The summed E-state index contributed by atoms with van der Waals surface area (Å²) in [7, 11) is 2.01. The van der Waals surface area contributed by atoms with Crippen molar-refractivity contribution in [1.29, 1.82) is 0 Å². The Bertz CT molecular complexity index is 200. The van der Waals surface area contributed by atoms with Crippen molar-refractivity contribution < 1.29 is 0 Å². The van der Waals surface area contributed by atoms with Gasteiger partial charge in [-0.15, -0.1) is 0 Å². The third kappa shape index (κ3) is 1.73. The zero-order chi connectivity index (χ0) is 8.59. The normalized spacial score (nSPS) is 25.5. The fourth-order valence-corrected chi connectivity index (χ4v) is 3.40. The average Bonchev–Trinajstić information content (AvgIpc) is 2.07. The lowest BCUT2D eigenvalue weighted by atomic mass is 10.1. The lowest BCUT2D eigenvalue weighted by molar-refractivity contribution is 0.383. The molecule has 0 aromatic rings. The quantitative estimate of drug-likeness (QED) is 0.604. The molecule has 0 aliphatic carbocycles. The largest absolute Gasteiger partial charge is 0.352 e. The van der Waals surface area contributed by atoms with Crippen LogP contribution in [0.5, 0.6) is 0 Å². The van der Waals surface area contributed by atoms with E-state index in [0.717, 1.165) is 8.52 Å². The van der Waals surface area contributed by atoms with E-state index >= 15 is 0 Å². The Labute approximate surface area is 82.5 Å². The zero-order valence-corrected chi connectivity index (χ0v) is 9.28. The van der Waals surface area contributed by atoms with Crippen LogP contribution in [-0.4, -0.2) is 26.5 Å². The minimum Gasteiger partial charge on any atom is -0.352 e. The minimum atomic E-state index is 0.363. The van der Waals surface area contributed by atoms with Gasteiger partial charge in [0.1, 0.15) is 4.32 Å². The monoisotopic (exact) mass is 205 g/mol. The van der Waals surface area contributed by atoms with Crippen molar-refractivity contribution in [3.8, 4) is 0 Å². The van der Waals surface area contributed by atoms with Crippen LogP contribution in [0, 0.1) is 5.92 Å². The molecule has 0 bridgehead atoms. The summed E-state index contributed by atoms with van der Waals surface area (Å²) in [5.74, 6) is 0.556. The summed E-state index contributed by atoms with van der Waals surface area (Å²) in [6.07, 6.45) is 0. The second-order valence-electron chi connectivity index (χ2n) is 2.99. The summed E-state index contributed by atoms with van der Waals surface area (Å²) in [4.78, 5) is 2.09. The van der Waals surface area contributed by atoms with Gasteiger partial charge in [-0.05, 0) is 5.92 Å². The van der Waals surface area contributed by atoms with Crippen LogP contribution >= 0.6 is 36.2 Å². The van der Waals surface area contributed by atoms with Gasteiger partial charge in [0.05, 0.1) is 10.2 Å². The molecule has 1 fully saturated rings. The summed E-state index contributed by atoms with van der Waals surface area (Å²) < 4.78 is 1.93. The van der Waals surface area contributed by atoms with Crippen LogP contribution in [0.25, 0.3) is 0 Å². The molecule has 1 atom stereocenters. The van der Waals surface area contributed by atoms with E-state index in [9.17, 15) is 0 Å². The fraction of sp³-hybridized carbons (Fsp3) is 0.714. The summed E-state index contributed by atoms with van der Waals surface area (Å²) in [6.45, 7) is 4.34. The first kappa shape index (κ1) is 9.42. The summed E-state index contributed by atoms with van der Waals surface area (Å²) >= 11 is 11.9. The highest BCUT2D eigenvalue weighted by Crippen LogP contribution is 2.29. The maximum atomic E-state index is 5.20. The van der Waals surface area contributed by atoms with E-state index in [1.807, 2.05) is 7.05 Å². The predicted molar refractivity (Wildman–Crippen MR) is 59.2 cm³/mol. The highest BCUT2D eigenvalue weighted by molar-refractivity contribution is 8.38. The third-order valence-electron chi connectivity index (χ3n) is 1.77. The van der Waals surface area contributed by atoms with E-state index in [1.165, 1.54) is 0 Å². The lowest BCUT2D eigenvalue weighted by Crippen LogP contribution is -2.34. The number of rotatable bonds is 1. The van der Waals surface area contributed by atoms with Crippen LogP contribution in [0.3, 0.4) is 0 Å². The molecule has 0 aromatic heterocycles. The Balaban J connectivity index is 2.79. The standard InChI is InChI=1S/C7H11NS3/c1-4(2)5-6(9)11-7(10)8(5)3/h4-5H,1-3H3. The van der Waals surface area contributed by atoms with Gasteiger partial charge in [-0.25, -0.2) is 0 Å². The zero-order valence-electron chi connectivity index (χ0n) is 6.83. The summed E-state index contributed by atoms with van der Waals surface area (Å²) in [6, 6.07) is 0.363. The third-order valence-corrected chi connectivity index (χ3v) is 3.70. The average molecular weight is 205 g/mol. The summed E-state index contributed by atoms with van der Waals surface area (Å²) in [5.41, 5.74) is 0. The molecule has 1 heterocycles. The molecule has 1 aliphatic rings. The van der Waals surface area contributed by atoms with Gasteiger partial charge in [0.15, 0.2) is 0 Å². The minimum absolute atomic E-state index is 0.363. The fourth-order valence-electron chi connectivity index (χ4n) is 1.21. The molecular formula is C7H11NS3. The predicted octanol–water partition coefficient (Wildman–Crippen LogP) is 2.30. The van der Waals surface area contributed by atoms with E-state index in [0.29, 0.717) is 12.0 Å².